The van der Waals surface area contributed by atoms with Gasteiger partial charge in [0.05, 0.1) is 22.9 Å². The SMILES string of the molecule is N#Cc1ccc(-c2csc(NC(=O)c3ccccc3OC(F)F)n2)cc1. The standard InChI is InChI=1S/C18H11F2N3O2S/c19-17(20)25-15-4-2-1-3-13(15)16(24)23-18-22-14(10-26-18)12-7-5-11(9-21)6-8-12/h1-8,10,17H,(H,22,23,24). The number of anilines is 1. The number of nitrogens with one attached hydrogen (secondary N) is 1. The molecule has 1 aromatic heterocycles. The lowest BCUT2D eigenvalue weighted by Crippen LogP contribution is -2.14. The van der Waals surface area contributed by atoms with E-state index in [0.29, 0.717) is 16.4 Å². The molecule has 130 valence electrons. The molecule has 3 rings (SSSR count). The van der Waals surface area contributed by atoms with Crippen molar-refractivity contribution in [1.82, 2.24) is 4.98 Å². The Labute approximate surface area is 151 Å². The summed E-state index contributed by atoms with van der Waals surface area (Å²) in [6.45, 7) is -3.02. The average Bonchev–Trinajstić information content (AvgIpc) is 3.10. The Morgan fingerprint density at radius 3 is 2.62 bits per heavy atom. The van der Waals surface area contributed by atoms with E-state index in [2.05, 4.69) is 15.0 Å². The zero-order chi connectivity index (χ0) is 18.5. The van der Waals surface area contributed by atoms with Gasteiger partial charge in [0, 0.05) is 10.9 Å². The number of alkyl halides is 2. The van der Waals surface area contributed by atoms with Crippen LogP contribution in [0.5, 0.6) is 5.75 Å². The van der Waals surface area contributed by atoms with Crippen LogP contribution in [0.15, 0.2) is 53.9 Å². The van der Waals surface area contributed by atoms with Crippen LogP contribution in [-0.2, 0) is 0 Å². The molecule has 0 saturated heterocycles. The number of halogens is 2. The molecule has 0 aliphatic rings. The van der Waals surface area contributed by atoms with Crippen molar-refractivity contribution in [2.24, 2.45) is 0 Å². The summed E-state index contributed by atoms with van der Waals surface area (Å²) in [5, 5.41) is 13.5. The van der Waals surface area contributed by atoms with E-state index in [1.807, 2.05) is 6.07 Å². The van der Waals surface area contributed by atoms with Gasteiger partial charge in [0.1, 0.15) is 5.75 Å². The van der Waals surface area contributed by atoms with Crippen molar-refractivity contribution in [2.45, 2.75) is 6.61 Å². The monoisotopic (exact) mass is 371 g/mol. The lowest BCUT2D eigenvalue weighted by molar-refractivity contribution is -0.0501. The second kappa shape index (κ2) is 7.72. The van der Waals surface area contributed by atoms with Gasteiger partial charge in [-0.1, -0.05) is 24.3 Å². The third-order valence-corrected chi connectivity index (χ3v) is 4.14. The highest BCUT2D eigenvalue weighted by molar-refractivity contribution is 7.14. The lowest BCUT2D eigenvalue weighted by atomic mass is 10.1. The maximum atomic E-state index is 12.5. The molecule has 0 unspecified atom stereocenters. The third kappa shape index (κ3) is 4.02. The highest BCUT2D eigenvalue weighted by Gasteiger charge is 2.16. The summed E-state index contributed by atoms with van der Waals surface area (Å²) >= 11 is 1.20. The minimum absolute atomic E-state index is 0.0112. The van der Waals surface area contributed by atoms with Crippen LogP contribution in [0.3, 0.4) is 0 Å². The van der Waals surface area contributed by atoms with Crippen LogP contribution < -0.4 is 10.1 Å². The fourth-order valence-electron chi connectivity index (χ4n) is 2.20. The van der Waals surface area contributed by atoms with Crippen molar-refractivity contribution in [2.75, 3.05) is 5.32 Å². The number of rotatable bonds is 5. The minimum atomic E-state index is -3.02. The Bertz CT molecular complexity index is 965. The molecule has 5 nitrogen and oxygen atoms in total. The molecule has 0 fully saturated rings. The quantitative estimate of drug-likeness (QED) is 0.715. The predicted octanol–water partition coefficient (Wildman–Crippen LogP) is 4.54. The van der Waals surface area contributed by atoms with E-state index in [0.717, 1.165) is 5.56 Å². The molecule has 8 heteroatoms. The number of carbonyl (C=O) groups is 1. The number of benzene rings is 2. The fourth-order valence-corrected chi connectivity index (χ4v) is 2.91. The second-order valence-electron chi connectivity index (χ2n) is 5.06. The van der Waals surface area contributed by atoms with Gasteiger partial charge >= 0.3 is 6.61 Å². The predicted molar refractivity (Wildman–Crippen MR) is 93.3 cm³/mol. The number of hydrogen-bond acceptors (Lipinski definition) is 5. The van der Waals surface area contributed by atoms with Crippen molar-refractivity contribution in [3.05, 3.63) is 65.0 Å². The lowest BCUT2D eigenvalue weighted by Gasteiger charge is -2.09. The third-order valence-electron chi connectivity index (χ3n) is 3.38. The molecule has 1 heterocycles. The number of nitrogens with zero attached hydrogens (tertiary/aromatic N) is 2. The Kier molecular flexibility index (Phi) is 5.20. The molecule has 3 aromatic rings. The van der Waals surface area contributed by atoms with Crippen molar-refractivity contribution in [3.8, 4) is 23.1 Å². The van der Waals surface area contributed by atoms with Gasteiger partial charge in [-0.15, -0.1) is 11.3 Å². The summed E-state index contributed by atoms with van der Waals surface area (Å²) < 4.78 is 29.3. The summed E-state index contributed by atoms with van der Waals surface area (Å²) in [7, 11) is 0. The molecule has 26 heavy (non-hydrogen) atoms. The van der Waals surface area contributed by atoms with Gasteiger partial charge < -0.3 is 4.74 Å². The van der Waals surface area contributed by atoms with Gasteiger partial charge in [0.15, 0.2) is 5.13 Å². The van der Waals surface area contributed by atoms with E-state index >= 15 is 0 Å². The molecule has 0 saturated carbocycles. The molecular weight excluding hydrogens is 360 g/mol. The molecule has 0 bridgehead atoms. The summed E-state index contributed by atoms with van der Waals surface area (Å²) in [6, 6.07) is 14.6. The Hall–Kier alpha value is -3.31. The van der Waals surface area contributed by atoms with Crippen molar-refractivity contribution < 1.29 is 18.3 Å². The van der Waals surface area contributed by atoms with Crippen LogP contribution in [0.2, 0.25) is 0 Å². The first-order valence-corrected chi connectivity index (χ1v) is 8.26. The van der Waals surface area contributed by atoms with E-state index in [4.69, 9.17) is 5.26 Å². The van der Waals surface area contributed by atoms with Gasteiger partial charge in [0.25, 0.3) is 5.91 Å². The highest BCUT2D eigenvalue weighted by atomic mass is 32.1. The smallest absolute Gasteiger partial charge is 0.387 e. The van der Waals surface area contributed by atoms with Crippen LogP contribution in [0, 0.1) is 11.3 Å². The van der Waals surface area contributed by atoms with Gasteiger partial charge in [-0.2, -0.15) is 14.0 Å². The molecule has 0 radical (unpaired) electrons. The summed E-state index contributed by atoms with van der Waals surface area (Å²) in [6.07, 6.45) is 0. The zero-order valence-corrected chi connectivity index (χ0v) is 14.0. The fraction of sp³-hybridized carbons (Fsp3) is 0.0556. The number of aromatic nitrogens is 1. The number of ether oxygens (including phenoxy) is 1. The first-order valence-electron chi connectivity index (χ1n) is 7.38. The van der Waals surface area contributed by atoms with E-state index in [1.165, 1.54) is 29.5 Å². The van der Waals surface area contributed by atoms with Crippen molar-refractivity contribution >= 4 is 22.4 Å². The number of nitriles is 1. The van der Waals surface area contributed by atoms with Crippen LogP contribution in [0.4, 0.5) is 13.9 Å². The number of thiazole rings is 1. The molecule has 0 aliphatic heterocycles. The van der Waals surface area contributed by atoms with Crippen LogP contribution in [0.25, 0.3) is 11.3 Å². The Morgan fingerprint density at radius 2 is 1.92 bits per heavy atom. The average molecular weight is 371 g/mol. The number of hydrogen-bond donors (Lipinski definition) is 1. The molecule has 2 aromatic carbocycles. The Balaban J connectivity index is 1.77. The number of amides is 1. The highest BCUT2D eigenvalue weighted by Crippen LogP contribution is 2.27. The first kappa shape index (κ1) is 17.5. The van der Waals surface area contributed by atoms with Gasteiger partial charge in [-0.3, -0.25) is 10.1 Å². The van der Waals surface area contributed by atoms with Crippen LogP contribution >= 0.6 is 11.3 Å². The number of para-hydroxylation sites is 1. The maximum Gasteiger partial charge on any atom is 0.387 e. The topological polar surface area (TPSA) is 75.0 Å². The second-order valence-corrected chi connectivity index (χ2v) is 5.91. The number of carbonyl (C=O) groups excluding carboxylic acids is 1. The first-order chi connectivity index (χ1) is 12.6. The van der Waals surface area contributed by atoms with Crippen LogP contribution in [-0.4, -0.2) is 17.5 Å². The Morgan fingerprint density at radius 1 is 1.19 bits per heavy atom. The largest absolute Gasteiger partial charge is 0.434 e. The van der Waals surface area contributed by atoms with E-state index in [1.54, 1.807) is 35.7 Å². The molecule has 0 atom stereocenters. The van der Waals surface area contributed by atoms with E-state index < -0.39 is 12.5 Å². The zero-order valence-electron chi connectivity index (χ0n) is 13.1. The molecule has 0 aliphatic carbocycles. The van der Waals surface area contributed by atoms with Crippen LogP contribution in [0.1, 0.15) is 15.9 Å². The van der Waals surface area contributed by atoms with Gasteiger partial charge in [-0.25, -0.2) is 4.98 Å². The van der Waals surface area contributed by atoms with E-state index in [-0.39, 0.29) is 11.3 Å². The molecule has 0 spiro atoms. The molecule has 1 N–H and O–H groups in total. The van der Waals surface area contributed by atoms with Gasteiger partial charge in [0.2, 0.25) is 0 Å². The molecular formula is C18H11F2N3O2S. The van der Waals surface area contributed by atoms with E-state index in [9.17, 15) is 13.6 Å². The normalized spacial score (nSPS) is 10.4. The minimum Gasteiger partial charge on any atom is -0.434 e. The van der Waals surface area contributed by atoms with Crippen molar-refractivity contribution in [1.29, 1.82) is 5.26 Å². The van der Waals surface area contributed by atoms with Crippen molar-refractivity contribution in [3.63, 3.8) is 0 Å². The molecule has 1 amide bonds. The maximum absolute atomic E-state index is 12.5. The summed E-state index contributed by atoms with van der Waals surface area (Å²) in [5.41, 5.74) is 1.95. The summed E-state index contributed by atoms with van der Waals surface area (Å²) in [5.74, 6) is -0.800. The summed E-state index contributed by atoms with van der Waals surface area (Å²) in [4.78, 5) is 16.6. The van der Waals surface area contributed by atoms with Gasteiger partial charge in [-0.05, 0) is 24.3 Å².